The highest BCUT2D eigenvalue weighted by atomic mass is 16.5. The normalized spacial score (nSPS) is 14.6. The molecule has 1 aliphatic rings. The first-order chi connectivity index (χ1) is 13.1. The van der Waals surface area contributed by atoms with Crippen molar-refractivity contribution in [2.45, 2.75) is 25.8 Å². The summed E-state index contributed by atoms with van der Waals surface area (Å²) in [6.07, 6.45) is 1.37. The number of phenolic OH excluding ortho intramolecular Hbond substituents is 1. The van der Waals surface area contributed by atoms with Gasteiger partial charge in [-0.1, -0.05) is 12.1 Å². The van der Waals surface area contributed by atoms with Crippen molar-refractivity contribution in [2.75, 3.05) is 19.7 Å². The van der Waals surface area contributed by atoms with Gasteiger partial charge in [0.2, 0.25) is 0 Å². The molecular formula is C21H24N2O4. The zero-order chi connectivity index (χ0) is 19.2. The average Bonchev–Trinajstić information content (AvgIpc) is 2.69. The molecule has 0 radical (unpaired) electrons. The number of hydrogen-bond donors (Lipinski definition) is 2. The molecule has 0 spiro atoms. The first-order valence-corrected chi connectivity index (χ1v) is 9.19. The molecule has 0 aromatic heterocycles. The van der Waals surface area contributed by atoms with E-state index in [-0.39, 0.29) is 29.2 Å². The van der Waals surface area contributed by atoms with Gasteiger partial charge in [0.15, 0.2) is 0 Å². The highest BCUT2D eigenvalue weighted by Crippen LogP contribution is 2.19. The van der Waals surface area contributed by atoms with E-state index in [9.17, 15) is 14.7 Å². The van der Waals surface area contributed by atoms with Crippen LogP contribution in [0.25, 0.3) is 0 Å². The Kier molecular flexibility index (Phi) is 5.96. The summed E-state index contributed by atoms with van der Waals surface area (Å²) in [6, 6.07) is 13.6. The average molecular weight is 368 g/mol. The second-order valence-electron chi connectivity index (χ2n) is 6.51. The quantitative estimate of drug-likeness (QED) is 0.851. The van der Waals surface area contributed by atoms with E-state index in [1.807, 2.05) is 6.92 Å². The van der Waals surface area contributed by atoms with Crippen LogP contribution in [0.15, 0.2) is 48.5 Å². The number of nitrogens with zero attached hydrogens (tertiary/aromatic N) is 1. The largest absolute Gasteiger partial charge is 0.507 e. The predicted octanol–water partition coefficient (Wildman–Crippen LogP) is 2.83. The van der Waals surface area contributed by atoms with Crippen LogP contribution in [0, 0.1) is 0 Å². The maximum atomic E-state index is 12.6. The van der Waals surface area contributed by atoms with Gasteiger partial charge in [-0.15, -0.1) is 0 Å². The van der Waals surface area contributed by atoms with Gasteiger partial charge >= 0.3 is 0 Å². The fraction of sp³-hybridized carbons (Fsp3) is 0.333. The summed E-state index contributed by atoms with van der Waals surface area (Å²) in [5, 5.41) is 12.7. The Morgan fingerprint density at radius 2 is 1.78 bits per heavy atom. The van der Waals surface area contributed by atoms with Crippen molar-refractivity contribution in [3.05, 3.63) is 59.7 Å². The third-order valence-corrected chi connectivity index (χ3v) is 4.68. The number of nitrogens with one attached hydrogen (secondary N) is 1. The molecule has 6 nitrogen and oxygen atoms in total. The predicted molar refractivity (Wildman–Crippen MR) is 102 cm³/mol. The summed E-state index contributed by atoms with van der Waals surface area (Å²) in [5.74, 6) is 0.422. The Morgan fingerprint density at radius 1 is 1.11 bits per heavy atom. The smallest absolute Gasteiger partial charge is 0.255 e. The molecule has 3 rings (SSSR count). The number of piperidine rings is 1. The third-order valence-electron chi connectivity index (χ3n) is 4.68. The van der Waals surface area contributed by atoms with Crippen LogP contribution < -0.4 is 10.1 Å². The Labute approximate surface area is 158 Å². The lowest BCUT2D eigenvalue weighted by atomic mass is 10.0. The molecule has 6 heteroatoms. The topological polar surface area (TPSA) is 78.9 Å². The lowest BCUT2D eigenvalue weighted by Crippen LogP contribution is -2.46. The summed E-state index contributed by atoms with van der Waals surface area (Å²) < 4.78 is 5.40. The fourth-order valence-electron chi connectivity index (χ4n) is 3.20. The third kappa shape index (κ3) is 4.58. The summed E-state index contributed by atoms with van der Waals surface area (Å²) in [5.41, 5.74) is 0.903. The van der Waals surface area contributed by atoms with Crippen LogP contribution in [0.4, 0.5) is 0 Å². The molecule has 0 unspecified atom stereocenters. The standard InChI is InChI=1S/C21H24N2O4/c1-2-27-17-9-7-15(8-10-17)21(26)23-13-11-16(12-14-23)22-20(25)18-5-3-4-6-19(18)24/h3-10,16,24H,2,11-14H2,1H3,(H,22,25). The molecular weight excluding hydrogens is 344 g/mol. The van der Waals surface area contributed by atoms with E-state index in [1.165, 1.54) is 6.07 Å². The maximum absolute atomic E-state index is 12.6. The van der Waals surface area contributed by atoms with Crippen LogP contribution in [0.2, 0.25) is 0 Å². The monoisotopic (exact) mass is 368 g/mol. The Bertz CT molecular complexity index is 796. The van der Waals surface area contributed by atoms with Crippen LogP contribution in [0.3, 0.4) is 0 Å². The highest BCUT2D eigenvalue weighted by Gasteiger charge is 2.25. The second kappa shape index (κ2) is 8.58. The number of likely N-dealkylation sites (tertiary alicyclic amines) is 1. The van der Waals surface area contributed by atoms with Crippen molar-refractivity contribution >= 4 is 11.8 Å². The second-order valence-corrected chi connectivity index (χ2v) is 6.51. The summed E-state index contributed by atoms with van der Waals surface area (Å²) in [6.45, 7) is 3.67. The van der Waals surface area contributed by atoms with E-state index in [0.29, 0.717) is 38.1 Å². The van der Waals surface area contributed by atoms with E-state index < -0.39 is 0 Å². The van der Waals surface area contributed by atoms with E-state index in [1.54, 1.807) is 47.4 Å². The van der Waals surface area contributed by atoms with Crippen LogP contribution in [0.1, 0.15) is 40.5 Å². The SMILES string of the molecule is CCOc1ccc(C(=O)N2CCC(NC(=O)c3ccccc3O)CC2)cc1. The van der Waals surface area contributed by atoms with Gasteiger partial charge in [0.25, 0.3) is 11.8 Å². The highest BCUT2D eigenvalue weighted by molar-refractivity contribution is 5.97. The zero-order valence-corrected chi connectivity index (χ0v) is 15.4. The van der Waals surface area contributed by atoms with Gasteiger partial charge in [0.05, 0.1) is 12.2 Å². The molecule has 0 aliphatic carbocycles. The molecule has 2 amide bonds. The van der Waals surface area contributed by atoms with Crippen molar-refractivity contribution < 1.29 is 19.4 Å². The van der Waals surface area contributed by atoms with Crippen LogP contribution in [0.5, 0.6) is 11.5 Å². The number of rotatable bonds is 5. The Morgan fingerprint density at radius 3 is 2.41 bits per heavy atom. The van der Waals surface area contributed by atoms with Crippen LogP contribution in [-0.4, -0.2) is 47.6 Å². The first-order valence-electron chi connectivity index (χ1n) is 9.19. The van der Waals surface area contributed by atoms with Crippen LogP contribution in [-0.2, 0) is 0 Å². The van der Waals surface area contributed by atoms with Crippen molar-refractivity contribution in [1.82, 2.24) is 10.2 Å². The maximum Gasteiger partial charge on any atom is 0.255 e. The molecule has 1 fully saturated rings. The number of benzene rings is 2. The van der Waals surface area contributed by atoms with E-state index >= 15 is 0 Å². The number of ether oxygens (including phenoxy) is 1. The molecule has 0 bridgehead atoms. The van der Waals surface area contributed by atoms with Crippen molar-refractivity contribution in [1.29, 1.82) is 0 Å². The van der Waals surface area contributed by atoms with Gasteiger partial charge in [-0.3, -0.25) is 9.59 Å². The number of para-hydroxylation sites is 1. The van der Waals surface area contributed by atoms with Gasteiger partial charge in [-0.25, -0.2) is 0 Å². The van der Waals surface area contributed by atoms with Gasteiger partial charge in [0, 0.05) is 24.7 Å². The molecule has 0 saturated carbocycles. The van der Waals surface area contributed by atoms with Gasteiger partial charge < -0.3 is 20.1 Å². The van der Waals surface area contributed by atoms with Crippen molar-refractivity contribution in [3.63, 3.8) is 0 Å². The molecule has 142 valence electrons. The van der Waals surface area contributed by atoms with E-state index in [2.05, 4.69) is 5.32 Å². The zero-order valence-electron chi connectivity index (χ0n) is 15.4. The summed E-state index contributed by atoms with van der Waals surface area (Å²) >= 11 is 0. The molecule has 1 heterocycles. The molecule has 27 heavy (non-hydrogen) atoms. The van der Waals surface area contributed by atoms with Crippen LogP contribution >= 0.6 is 0 Å². The van der Waals surface area contributed by atoms with Crippen molar-refractivity contribution in [3.8, 4) is 11.5 Å². The minimum absolute atomic E-state index is 0.0106. The molecule has 0 atom stereocenters. The van der Waals surface area contributed by atoms with Gasteiger partial charge in [-0.2, -0.15) is 0 Å². The number of hydrogen-bond acceptors (Lipinski definition) is 4. The minimum atomic E-state index is -0.288. The summed E-state index contributed by atoms with van der Waals surface area (Å²) in [4.78, 5) is 26.7. The molecule has 1 aliphatic heterocycles. The van der Waals surface area contributed by atoms with Crippen molar-refractivity contribution in [2.24, 2.45) is 0 Å². The Hall–Kier alpha value is -3.02. The lowest BCUT2D eigenvalue weighted by molar-refractivity contribution is 0.0698. The number of phenols is 1. The number of amides is 2. The molecule has 2 aromatic carbocycles. The summed E-state index contributed by atoms with van der Waals surface area (Å²) in [7, 11) is 0. The first kappa shape index (κ1) is 18.8. The van der Waals surface area contributed by atoms with Gasteiger partial charge in [0.1, 0.15) is 11.5 Å². The lowest BCUT2D eigenvalue weighted by Gasteiger charge is -2.32. The van der Waals surface area contributed by atoms with E-state index in [4.69, 9.17) is 4.74 Å². The number of carbonyl (C=O) groups is 2. The number of aromatic hydroxyl groups is 1. The van der Waals surface area contributed by atoms with E-state index in [0.717, 1.165) is 5.75 Å². The molecule has 1 saturated heterocycles. The fourth-order valence-corrected chi connectivity index (χ4v) is 3.20. The van der Waals surface area contributed by atoms with Gasteiger partial charge in [-0.05, 0) is 56.2 Å². The molecule has 2 aromatic rings. The minimum Gasteiger partial charge on any atom is -0.507 e. The number of carbonyl (C=O) groups excluding carboxylic acids is 2. The Balaban J connectivity index is 1.53. The molecule has 2 N–H and O–H groups in total.